The number of benzene rings is 2. The molecule has 0 saturated carbocycles. The highest BCUT2D eigenvalue weighted by Crippen LogP contribution is 2.40. The molecule has 0 unspecified atom stereocenters. The summed E-state index contributed by atoms with van der Waals surface area (Å²) in [6.45, 7) is 10.6. The van der Waals surface area contributed by atoms with Crippen molar-refractivity contribution >= 4 is 28.0 Å². The largest absolute Gasteiger partial charge is 0.474 e. The summed E-state index contributed by atoms with van der Waals surface area (Å²) >= 11 is 0. The van der Waals surface area contributed by atoms with Crippen molar-refractivity contribution < 1.29 is 23.0 Å². The second-order valence-electron chi connectivity index (χ2n) is 13.8. The number of piperidine rings is 1. The molecule has 2 fully saturated rings. The Morgan fingerprint density at radius 2 is 1.87 bits per heavy atom. The number of likely N-dealkylation sites (N-methyl/N-ethyl adjacent to an activating group) is 1. The molecule has 0 N–H and O–H groups in total. The lowest BCUT2D eigenvalue weighted by molar-refractivity contribution is 0.00557. The Labute approximate surface area is 273 Å². The lowest BCUT2D eigenvalue weighted by atomic mass is 9.94. The molecule has 47 heavy (non-hydrogen) atoms. The fourth-order valence-electron chi connectivity index (χ4n) is 6.89. The van der Waals surface area contributed by atoms with Gasteiger partial charge in [0.1, 0.15) is 29.1 Å². The van der Waals surface area contributed by atoms with Gasteiger partial charge in [0, 0.05) is 23.5 Å². The first-order valence-electron chi connectivity index (χ1n) is 16.2. The highest BCUT2D eigenvalue weighted by Gasteiger charge is 2.36. The molecule has 2 aromatic carbocycles. The van der Waals surface area contributed by atoms with Crippen LogP contribution < -0.4 is 4.74 Å². The average molecular weight is 646 g/mol. The van der Waals surface area contributed by atoms with Gasteiger partial charge < -0.3 is 19.3 Å². The number of amides is 1. The summed E-state index contributed by atoms with van der Waals surface area (Å²) in [5.74, 6) is -0.698. The molecular weight excluding hydrogens is 604 g/mol. The third-order valence-corrected chi connectivity index (χ3v) is 9.32. The third kappa shape index (κ3) is 6.33. The molecule has 12 heteroatoms. The van der Waals surface area contributed by atoms with Gasteiger partial charge in [0.2, 0.25) is 5.88 Å². The summed E-state index contributed by atoms with van der Waals surface area (Å²) in [6, 6.07) is 8.20. The molecule has 10 nitrogen and oxygen atoms in total. The smallest absolute Gasteiger partial charge is 0.410 e. The Hall–Kier alpha value is -4.37. The predicted octanol–water partition coefficient (Wildman–Crippen LogP) is 6.87. The Morgan fingerprint density at radius 1 is 1.09 bits per heavy atom. The summed E-state index contributed by atoms with van der Waals surface area (Å²) in [4.78, 5) is 21.6. The number of carbonyl (C=O) groups excluding carboxylic acids is 1. The molecule has 2 aromatic heterocycles. The van der Waals surface area contributed by atoms with Gasteiger partial charge in [0.25, 0.3) is 0 Å². The number of likely N-dealkylation sites (tertiary alicyclic amines) is 2. The normalized spacial score (nSPS) is 20.6. The number of pyridine rings is 1. The van der Waals surface area contributed by atoms with E-state index in [1.165, 1.54) is 6.07 Å². The lowest BCUT2D eigenvalue weighted by Crippen LogP contribution is -2.48. The Bertz CT molecular complexity index is 1880. The minimum Gasteiger partial charge on any atom is -0.474 e. The van der Waals surface area contributed by atoms with E-state index >= 15 is 4.39 Å². The lowest BCUT2D eigenvalue weighted by Gasteiger charge is -2.39. The van der Waals surface area contributed by atoms with Gasteiger partial charge >= 0.3 is 6.09 Å². The maximum absolute atomic E-state index is 16.7. The third-order valence-electron chi connectivity index (χ3n) is 9.32. The van der Waals surface area contributed by atoms with Crippen LogP contribution >= 0.6 is 0 Å². The number of ether oxygens (including phenoxy) is 2. The van der Waals surface area contributed by atoms with Crippen molar-refractivity contribution in [1.29, 1.82) is 5.26 Å². The number of nitrogens with zero attached hydrogens (tertiary/aromatic N) is 7. The van der Waals surface area contributed by atoms with Crippen LogP contribution in [-0.4, -0.2) is 80.3 Å². The molecule has 0 spiro atoms. The van der Waals surface area contributed by atoms with Crippen molar-refractivity contribution in [1.82, 2.24) is 29.8 Å². The second kappa shape index (κ2) is 12.7. The van der Waals surface area contributed by atoms with Crippen LogP contribution in [0.25, 0.3) is 33.1 Å². The van der Waals surface area contributed by atoms with Gasteiger partial charge in [0.05, 0.1) is 24.6 Å². The number of fused-ring (bicyclic) bond motifs is 3. The highest BCUT2D eigenvalue weighted by molar-refractivity contribution is 6.06. The van der Waals surface area contributed by atoms with Crippen molar-refractivity contribution in [3.8, 4) is 23.1 Å². The molecular formula is C35H41F2N7O3. The Morgan fingerprint density at radius 3 is 2.55 bits per heavy atom. The number of aromatic nitrogens is 4. The number of halogens is 2. The highest BCUT2D eigenvalue weighted by atomic mass is 19.1. The fraction of sp³-hybridized carbons (Fsp3) is 0.514. The molecule has 0 bridgehead atoms. The van der Waals surface area contributed by atoms with Gasteiger partial charge in [-0.1, -0.05) is 11.3 Å². The van der Waals surface area contributed by atoms with Crippen molar-refractivity contribution in [2.45, 2.75) is 90.4 Å². The molecule has 6 rings (SSSR count). The molecule has 2 aliphatic heterocycles. The van der Waals surface area contributed by atoms with E-state index in [1.54, 1.807) is 28.6 Å². The maximum Gasteiger partial charge on any atom is 0.410 e. The monoisotopic (exact) mass is 645 g/mol. The number of rotatable bonds is 6. The molecule has 2 aliphatic rings. The predicted molar refractivity (Wildman–Crippen MR) is 174 cm³/mol. The molecule has 4 aromatic rings. The number of hydrogen-bond donors (Lipinski definition) is 0. The SMILES string of the molecule is Cc1cc(-c2c(C)cc3c(nc(OC[C@@H]4CCCN4C)c4nnn([C@H]5CCN(C(=O)OC(C)(C)C)[C@H](CC#N)C5)c43)c2F)ccc1F. The zero-order valence-corrected chi connectivity index (χ0v) is 27.8. The summed E-state index contributed by atoms with van der Waals surface area (Å²) in [7, 11) is 2.06. The quantitative estimate of drug-likeness (QED) is 0.224. The second-order valence-corrected chi connectivity index (χ2v) is 13.8. The number of carbonyl (C=O) groups is 1. The van der Waals surface area contributed by atoms with Gasteiger partial charge in [-0.05, 0) is 109 Å². The van der Waals surface area contributed by atoms with Crippen LogP contribution in [0.5, 0.6) is 5.88 Å². The standard InChI is InChI=1S/C35H41F2N7O3/c1-20-16-22(9-10-27(20)36)28-21(2)17-26-30(29(28)37)39-33(46-19-25-8-7-14-42(25)6)31-32(26)44(41-40-31)24-12-15-43(23(18-24)11-13-38)34(45)47-35(3,4)5/h9-10,16-17,23-25H,7-8,11-12,14-15,18-19H2,1-6H3/t23-,24+,25+/m1/s1. The number of nitriles is 1. The van der Waals surface area contributed by atoms with E-state index in [0.717, 1.165) is 19.4 Å². The summed E-state index contributed by atoms with van der Waals surface area (Å²) in [5, 5.41) is 19.3. The van der Waals surface area contributed by atoms with Gasteiger partial charge in [-0.3, -0.25) is 0 Å². The van der Waals surface area contributed by atoms with E-state index < -0.39 is 23.6 Å². The number of aryl methyl sites for hydroxylation is 2. The summed E-state index contributed by atoms with van der Waals surface area (Å²) in [6.07, 6.45) is 2.69. The minimum absolute atomic E-state index is 0.109. The van der Waals surface area contributed by atoms with Crippen LogP contribution in [0.3, 0.4) is 0 Å². The molecule has 2 saturated heterocycles. The first kappa shape index (κ1) is 32.6. The molecule has 248 valence electrons. The van der Waals surface area contributed by atoms with Gasteiger partial charge in [-0.15, -0.1) is 5.10 Å². The summed E-state index contributed by atoms with van der Waals surface area (Å²) in [5.41, 5.74) is 2.41. The molecule has 4 heterocycles. The molecule has 3 atom stereocenters. The summed E-state index contributed by atoms with van der Waals surface area (Å²) < 4.78 is 44.6. The van der Waals surface area contributed by atoms with Crippen LogP contribution in [0.2, 0.25) is 0 Å². The maximum atomic E-state index is 16.7. The molecule has 0 radical (unpaired) electrons. The number of hydrogen-bond acceptors (Lipinski definition) is 8. The van der Waals surface area contributed by atoms with E-state index in [2.05, 4.69) is 28.3 Å². The van der Waals surface area contributed by atoms with Gasteiger partial charge in [-0.25, -0.2) is 23.2 Å². The van der Waals surface area contributed by atoms with Crippen LogP contribution in [0.15, 0.2) is 24.3 Å². The van der Waals surface area contributed by atoms with Crippen LogP contribution in [0, 0.1) is 36.8 Å². The van der Waals surface area contributed by atoms with Crippen molar-refractivity contribution in [2.24, 2.45) is 0 Å². The van der Waals surface area contributed by atoms with E-state index in [0.29, 0.717) is 64.7 Å². The molecule has 1 amide bonds. The van der Waals surface area contributed by atoms with E-state index in [9.17, 15) is 14.4 Å². The first-order chi connectivity index (χ1) is 22.4. The zero-order chi connectivity index (χ0) is 33.6. The van der Waals surface area contributed by atoms with Crippen LogP contribution in [0.1, 0.15) is 70.0 Å². The Balaban J connectivity index is 1.46. The van der Waals surface area contributed by atoms with Crippen molar-refractivity contribution in [2.75, 3.05) is 26.7 Å². The Kier molecular flexibility index (Phi) is 8.78. The van der Waals surface area contributed by atoms with Crippen LogP contribution in [0.4, 0.5) is 13.6 Å². The fourth-order valence-corrected chi connectivity index (χ4v) is 6.89. The van der Waals surface area contributed by atoms with Gasteiger partial charge in [-0.2, -0.15) is 5.26 Å². The average Bonchev–Trinajstić information content (AvgIpc) is 3.64. The molecule has 0 aliphatic carbocycles. The zero-order valence-electron chi connectivity index (χ0n) is 27.8. The van der Waals surface area contributed by atoms with E-state index in [-0.39, 0.29) is 35.7 Å². The van der Waals surface area contributed by atoms with Crippen molar-refractivity contribution in [3.05, 3.63) is 47.0 Å². The first-order valence-corrected chi connectivity index (χ1v) is 16.2. The van der Waals surface area contributed by atoms with E-state index in [4.69, 9.17) is 14.5 Å². The minimum atomic E-state index is -0.670. The van der Waals surface area contributed by atoms with E-state index in [1.807, 2.05) is 33.8 Å². The van der Waals surface area contributed by atoms with Gasteiger partial charge in [0.15, 0.2) is 11.3 Å². The topological polar surface area (TPSA) is 109 Å². The van der Waals surface area contributed by atoms with Crippen molar-refractivity contribution in [3.63, 3.8) is 0 Å². The van der Waals surface area contributed by atoms with Crippen LogP contribution in [-0.2, 0) is 4.74 Å².